The summed E-state index contributed by atoms with van der Waals surface area (Å²) in [5.74, 6) is 1.30. The minimum Gasteiger partial charge on any atom is -0.370 e. The first-order chi connectivity index (χ1) is 19.8. The maximum atomic E-state index is 7.03. The molecule has 2 aliphatic heterocycles. The molecule has 2 saturated heterocycles. The Morgan fingerprint density at radius 1 is 0.951 bits per heavy atom. The third-order valence-corrected chi connectivity index (χ3v) is 9.25. The summed E-state index contributed by atoms with van der Waals surface area (Å²) >= 11 is 13.1. The van der Waals surface area contributed by atoms with E-state index in [1.807, 2.05) is 18.3 Å². The SMILES string of the molecule is Cc1cc([C@@H]2[C@H](c3ccccn3)NC(=S)N2c2ccc(N3C[C@H](C)C[C@@H](C)C3)c(Cl)c2)c(C)n1Cc1ccccc1. The molecule has 2 aromatic heterocycles. The summed E-state index contributed by atoms with van der Waals surface area (Å²) in [6, 6.07) is 25.3. The number of aryl methyl sites for hydroxylation is 1. The Morgan fingerprint density at radius 3 is 2.37 bits per heavy atom. The maximum Gasteiger partial charge on any atom is 0.174 e. The number of piperidine rings is 1. The van der Waals surface area contributed by atoms with Crippen LogP contribution in [0.3, 0.4) is 0 Å². The normalized spacial score (nSPS) is 22.7. The van der Waals surface area contributed by atoms with Crippen LogP contribution in [-0.2, 0) is 6.54 Å². The van der Waals surface area contributed by atoms with Crippen LogP contribution in [0.2, 0.25) is 5.02 Å². The van der Waals surface area contributed by atoms with Gasteiger partial charge in [0.25, 0.3) is 0 Å². The van der Waals surface area contributed by atoms with Crippen molar-refractivity contribution < 1.29 is 0 Å². The molecule has 0 spiro atoms. The highest BCUT2D eigenvalue weighted by Crippen LogP contribution is 2.45. The van der Waals surface area contributed by atoms with Crippen LogP contribution < -0.4 is 15.1 Å². The van der Waals surface area contributed by atoms with Crippen LogP contribution in [0.5, 0.6) is 0 Å². The smallest absolute Gasteiger partial charge is 0.174 e. The van der Waals surface area contributed by atoms with Crippen molar-refractivity contribution in [2.75, 3.05) is 22.9 Å². The molecular formula is C34H38ClN5S. The van der Waals surface area contributed by atoms with E-state index in [-0.39, 0.29) is 12.1 Å². The summed E-state index contributed by atoms with van der Waals surface area (Å²) in [7, 11) is 0. The summed E-state index contributed by atoms with van der Waals surface area (Å²) in [6.07, 6.45) is 3.12. The molecule has 0 unspecified atom stereocenters. The van der Waals surface area contributed by atoms with Gasteiger partial charge in [0.2, 0.25) is 0 Å². The van der Waals surface area contributed by atoms with E-state index in [0.29, 0.717) is 16.9 Å². The maximum absolute atomic E-state index is 7.03. The zero-order chi connectivity index (χ0) is 28.7. The summed E-state index contributed by atoms with van der Waals surface area (Å²) in [6.45, 7) is 12.0. The largest absolute Gasteiger partial charge is 0.370 e. The zero-order valence-corrected chi connectivity index (χ0v) is 25.8. The first-order valence-corrected chi connectivity index (χ1v) is 15.3. The third kappa shape index (κ3) is 5.47. The zero-order valence-electron chi connectivity index (χ0n) is 24.2. The molecule has 4 atom stereocenters. The van der Waals surface area contributed by atoms with Crippen molar-refractivity contribution in [3.63, 3.8) is 0 Å². The molecule has 0 bridgehead atoms. The van der Waals surface area contributed by atoms with E-state index in [1.54, 1.807) is 0 Å². The average molecular weight is 584 g/mol. The second kappa shape index (κ2) is 11.5. The van der Waals surface area contributed by atoms with Crippen molar-refractivity contribution in [3.8, 4) is 0 Å². The van der Waals surface area contributed by atoms with E-state index in [4.69, 9.17) is 28.8 Å². The fourth-order valence-corrected chi connectivity index (χ4v) is 7.49. The molecule has 41 heavy (non-hydrogen) atoms. The van der Waals surface area contributed by atoms with Crippen LogP contribution in [-0.4, -0.2) is 27.8 Å². The van der Waals surface area contributed by atoms with Crippen LogP contribution in [0.1, 0.15) is 60.6 Å². The third-order valence-electron chi connectivity index (χ3n) is 8.63. The molecule has 2 aromatic carbocycles. The highest BCUT2D eigenvalue weighted by atomic mass is 35.5. The molecule has 212 valence electrons. The molecule has 0 radical (unpaired) electrons. The number of thiocarbonyl (C=S) groups is 1. The molecule has 4 heterocycles. The summed E-state index contributed by atoms with van der Waals surface area (Å²) in [5.41, 5.74) is 8.03. The number of anilines is 2. The van der Waals surface area contributed by atoms with Gasteiger partial charge >= 0.3 is 0 Å². The lowest BCUT2D eigenvalue weighted by atomic mass is 9.91. The second-order valence-electron chi connectivity index (χ2n) is 11.9. The highest BCUT2D eigenvalue weighted by Gasteiger charge is 2.42. The van der Waals surface area contributed by atoms with Crippen LogP contribution in [0.4, 0.5) is 11.4 Å². The van der Waals surface area contributed by atoms with E-state index in [1.165, 1.54) is 28.9 Å². The Morgan fingerprint density at radius 2 is 1.68 bits per heavy atom. The Kier molecular flexibility index (Phi) is 7.80. The number of hydrogen-bond acceptors (Lipinski definition) is 3. The first-order valence-electron chi connectivity index (χ1n) is 14.6. The number of halogens is 1. The number of nitrogens with one attached hydrogen (secondary N) is 1. The number of aromatic nitrogens is 2. The van der Waals surface area contributed by atoms with Crippen LogP contribution in [0, 0.1) is 25.7 Å². The van der Waals surface area contributed by atoms with E-state index in [2.05, 4.69) is 108 Å². The predicted octanol–water partition coefficient (Wildman–Crippen LogP) is 7.86. The molecule has 0 aliphatic carbocycles. The van der Waals surface area contributed by atoms with Crippen molar-refractivity contribution in [3.05, 3.63) is 112 Å². The van der Waals surface area contributed by atoms with Gasteiger partial charge in [-0.05, 0) is 91.8 Å². The summed E-state index contributed by atoms with van der Waals surface area (Å²) < 4.78 is 2.40. The van der Waals surface area contributed by atoms with E-state index < -0.39 is 0 Å². The molecule has 0 amide bonds. The standard InChI is InChI=1S/C34H38ClN5S/c1-22-16-23(2)20-38(19-22)31-14-13-27(18-29(31)35)40-33(32(37-34(40)41)30-12-8-9-15-36-30)28-17-24(3)39(25(28)4)21-26-10-6-5-7-11-26/h5-15,17-18,22-23,32-33H,16,19-21H2,1-4H3,(H,37,41)/t22-,23-,32+,33-/m1/s1. The Hall–Kier alpha value is -3.35. The molecule has 4 aromatic rings. The molecule has 2 aliphatic rings. The van der Waals surface area contributed by atoms with E-state index in [9.17, 15) is 0 Å². The van der Waals surface area contributed by atoms with Crippen molar-refractivity contribution in [1.82, 2.24) is 14.9 Å². The quantitative estimate of drug-likeness (QED) is 0.234. The number of rotatable bonds is 6. The molecule has 1 N–H and O–H groups in total. The van der Waals surface area contributed by atoms with Crippen molar-refractivity contribution in [1.29, 1.82) is 0 Å². The molecule has 6 rings (SSSR count). The lowest BCUT2D eigenvalue weighted by Crippen LogP contribution is -2.38. The van der Waals surface area contributed by atoms with Crippen LogP contribution in [0.15, 0.2) is 79.0 Å². The molecule has 0 saturated carbocycles. The average Bonchev–Trinajstić information content (AvgIpc) is 3.44. The van der Waals surface area contributed by atoms with Gasteiger partial charge in [-0.25, -0.2) is 0 Å². The van der Waals surface area contributed by atoms with Gasteiger partial charge in [-0.1, -0.05) is 61.8 Å². The van der Waals surface area contributed by atoms with Gasteiger partial charge in [-0.3, -0.25) is 4.98 Å². The minimum atomic E-state index is -0.100. The van der Waals surface area contributed by atoms with Crippen molar-refractivity contribution in [2.24, 2.45) is 11.8 Å². The lowest BCUT2D eigenvalue weighted by molar-refractivity contribution is 0.357. The van der Waals surface area contributed by atoms with Gasteiger partial charge in [0.1, 0.15) is 0 Å². The van der Waals surface area contributed by atoms with Gasteiger partial charge in [0, 0.05) is 42.9 Å². The van der Waals surface area contributed by atoms with Crippen LogP contribution >= 0.6 is 23.8 Å². The van der Waals surface area contributed by atoms with E-state index >= 15 is 0 Å². The monoisotopic (exact) mass is 583 g/mol. The van der Waals surface area contributed by atoms with Crippen molar-refractivity contribution in [2.45, 2.75) is 52.7 Å². The molecule has 7 heteroatoms. The van der Waals surface area contributed by atoms with Gasteiger partial charge in [0.15, 0.2) is 5.11 Å². The number of hydrogen-bond donors (Lipinski definition) is 1. The van der Waals surface area contributed by atoms with E-state index in [0.717, 1.165) is 41.7 Å². The Bertz CT molecular complexity index is 1530. The number of benzene rings is 2. The Labute approximate surface area is 254 Å². The fourth-order valence-electron chi connectivity index (χ4n) is 6.85. The van der Waals surface area contributed by atoms with Gasteiger partial charge in [-0.2, -0.15) is 0 Å². The molecule has 5 nitrogen and oxygen atoms in total. The second-order valence-corrected chi connectivity index (χ2v) is 12.7. The fraction of sp³-hybridized carbons (Fsp3) is 0.353. The van der Waals surface area contributed by atoms with Gasteiger partial charge in [-0.15, -0.1) is 0 Å². The summed E-state index contributed by atoms with van der Waals surface area (Å²) in [4.78, 5) is 9.42. The molecule has 2 fully saturated rings. The van der Waals surface area contributed by atoms with Gasteiger partial charge < -0.3 is 19.7 Å². The van der Waals surface area contributed by atoms with Crippen molar-refractivity contribution >= 4 is 40.3 Å². The minimum absolute atomic E-state index is 0.0786. The van der Waals surface area contributed by atoms with Crippen LogP contribution in [0.25, 0.3) is 0 Å². The van der Waals surface area contributed by atoms with Gasteiger partial charge in [0.05, 0.1) is 28.5 Å². The lowest BCUT2D eigenvalue weighted by Gasteiger charge is -2.37. The highest BCUT2D eigenvalue weighted by molar-refractivity contribution is 7.80. The first kappa shape index (κ1) is 27.8. The summed E-state index contributed by atoms with van der Waals surface area (Å²) in [5, 5.41) is 5.06. The Balaban J connectivity index is 1.40. The topological polar surface area (TPSA) is 36.3 Å². The number of nitrogens with zero attached hydrogens (tertiary/aromatic N) is 4. The number of pyridine rings is 1. The molecular weight excluding hydrogens is 546 g/mol. The predicted molar refractivity (Wildman–Crippen MR) is 174 cm³/mol.